The van der Waals surface area contributed by atoms with Crippen LogP contribution in [0.25, 0.3) is 0 Å². The molecule has 0 radical (unpaired) electrons. The Hall–Kier alpha value is -1.35. The predicted octanol–water partition coefficient (Wildman–Crippen LogP) is 2.55. The number of nitrogens with two attached hydrogens (primary N) is 1. The van der Waals surface area contributed by atoms with Crippen molar-refractivity contribution < 1.29 is 4.79 Å². The molecule has 2 unspecified atom stereocenters. The van der Waals surface area contributed by atoms with Crippen LogP contribution in [0.1, 0.15) is 47.2 Å². The van der Waals surface area contributed by atoms with Gasteiger partial charge in [-0.3, -0.25) is 4.79 Å². The lowest BCUT2D eigenvalue weighted by Crippen LogP contribution is -2.41. The molecule has 3 heteroatoms. The number of rotatable bonds is 3. The van der Waals surface area contributed by atoms with Gasteiger partial charge in [-0.05, 0) is 44.7 Å². The summed E-state index contributed by atoms with van der Waals surface area (Å²) < 4.78 is 0. The van der Waals surface area contributed by atoms with E-state index in [1.54, 1.807) is 0 Å². The van der Waals surface area contributed by atoms with Crippen molar-refractivity contribution in [3.8, 4) is 0 Å². The van der Waals surface area contributed by atoms with Crippen molar-refractivity contribution in [3.05, 3.63) is 34.9 Å². The van der Waals surface area contributed by atoms with Crippen LogP contribution in [0.5, 0.6) is 0 Å². The summed E-state index contributed by atoms with van der Waals surface area (Å²) in [4.78, 5) is 12.1. The molecule has 1 aromatic rings. The van der Waals surface area contributed by atoms with Crippen LogP contribution in [0.3, 0.4) is 0 Å². The second kappa shape index (κ2) is 6.20. The molecule has 0 aliphatic heterocycles. The van der Waals surface area contributed by atoms with Gasteiger partial charge in [0.1, 0.15) is 0 Å². The van der Waals surface area contributed by atoms with Crippen molar-refractivity contribution in [3.63, 3.8) is 0 Å². The molecule has 104 valence electrons. The van der Waals surface area contributed by atoms with Gasteiger partial charge >= 0.3 is 0 Å². The van der Waals surface area contributed by atoms with Crippen LogP contribution in [0.4, 0.5) is 0 Å². The van der Waals surface area contributed by atoms with E-state index in [2.05, 4.69) is 11.4 Å². The zero-order chi connectivity index (χ0) is 13.8. The maximum atomic E-state index is 12.1. The molecule has 3 N–H and O–H groups in total. The molecule has 0 spiro atoms. The molecular weight excluding hydrogens is 236 g/mol. The fraction of sp³-hybridized carbons (Fsp3) is 0.562. The fourth-order valence-electron chi connectivity index (χ4n) is 2.92. The first-order chi connectivity index (χ1) is 9.06. The summed E-state index contributed by atoms with van der Waals surface area (Å²) >= 11 is 0. The summed E-state index contributed by atoms with van der Waals surface area (Å²) in [6, 6.07) is 6.19. The first kappa shape index (κ1) is 14.1. The number of carbonyl (C=O) groups excluding carboxylic acids is 1. The predicted molar refractivity (Wildman–Crippen MR) is 78.2 cm³/mol. The Kier molecular flexibility index (Phi) is 4.59. The Balaban J connectivity index is 1.93. The maximum Gasteiger partial charge on any atom is 0.251 e. The zero-order valence-electron chi connectivity index (χ0n) is 11.9. The monoisotopic (exact) mass is 260 g/mol. The average Bonchev–Trinajstić information content (AvgIpc) is 2.36. The second-order valence-corrected chi connectivity index (χ2v) is 5.79. The summed E-state index contributed by atoms with van der Waals surface area (Å²) in [6.07, 6.45) is 4.68. The Bertz CT molecular complexity index is 436. The molecule has 2 rings (SSSR count). The van der Waals surface area contributed by atoms with Gasteiger partial charge in [-0.2, -0.15) is 0 Å². The van der Waals surface area contributed by atoms with E-state index in [1.165, 1.54) is 12.8 Å². The van der Waals surface area contributed by atoms with Crippen LogP contribution in [0.2, 0.25) is 0 Å². The fourth-order valence-corrected chi connectivity index (χ4v) is 2.92. The van der Waals surface area contributed by atoms with Gasteiger partial charge < -0.3 is 11.1 Å². The number of amides is 1. The first-order valence-electron chi connectivity index (χ1n) is 7.18. The van der Waals surface area contributed by atoms with Crippen LogP contribution in [-0.2, 0) is 0 Å². The number of carbonyl (C=O) groups is 1. The lowest BCUT2D eigenvalue weighted by atomic mass is 9.85. The van der Waals surface area contributed by atoms with Crippen molar-refractivity contribution in [2.45, 2.75) is 45.6 Å². The van der Waals surface area contributed by atoms with Crippen molar-refractivity contribution in [1.82, 2.24) is 5.32 Å². The van der Waals surface area contributed by atoms with E-state index in [4.69, 9.17) is 5.73 Å². The minimum atomic E-state index is 0.0181. The van der Waals surface area contributed by atoms with Crippen LogP contribution in [0, 0.1) is 19.8 Å². The van der Waals surface area contributed by atoms with Crippen molar-refractivity contribution in [2.24, 2.45) is 11.7 Å². The lowest BCUT2D eigenvalue weighted by molar-refractivity contribution is 0.0941. The molecule has 2 atom stereocenters. The molecule has 19 heavy (non-hydrogen) atoms. The van der Waals surface area contributed by atoms with Crippen LogP contribution in [-0.4, -0.2) is 18.5 Å². The molecule has 1 saturated carbocycles. The third-order valence-electron chi connectivity index (χ3n) is 3.98. The summed E-state index contributed by atoms with van der Waals surface area (Å²) in [5.74, 6) is 0.452. The van der Waals surface area contributed by atoms with Crippen LogP contribution < -0.4 is 11.1 Å². The highest BCUT2D eigenvalue weighted by molar-refractivity contribution is 5.94. The number of hydrogen-bond acceptors (Lipinski definition) is 2. The molecule has 3 nitrogen and oxygen atoms in total. The van der Waals surface area contributed by atoms with E-state index in [-0.39, 0.29) is 11.9 Å². The van der Waals surface area contributed by atoms with Crippen molar-refractivity contribution in [2.75, 3.05) is 6.54 Å². The standard InChI is InChI=1S/C16H24N2O/c1-11-7-12(2)9-14(8-11)16(19)18-10-13-5-3-4-6-15(13)17/h7-9,13,15H,3-6,10,17H2,1-2H3,(H,18,19). The summed E-state index contributed by atoms with van der Waals surface area (Å²) in [7, 11) is 0. The topological polar surface area (TPSA) is 55.1 Å². The van der Waals surface area contributed by atoms with E-state index >= 15 is 0 Å². The van der Waals surface area contributed by atoms with Gasteiger partial charge in [-0.15, -0.1) is 0 Å². The summed E-state index contributed by atoms with van der Waals surface area (Å²) in [6.45, 7) is 4.73. The normalized spacial score (nSPS) is 23.1. The highest BCUT2D eigenvalue weighted by Crippen LogP contribution is 2.22. The summed E-state index contributed by atoms with van der Waals surface area (Å²) in [5, 5.41) is 3.03. The highest BCUT2D eigenvalue weighted by atomic mass is 16.1. The molecule has 0 aromatic heterocycles. The van der Waals surface area contributed by atoms with E-state index in [0.717, 1.165) is 29.5 Å². The van der Waals surface area contributed by atoms with Gasteiger partial charge in [0.2, 0.25) is 0 Å². The lowest BCUT2D eigenvalue weighted by Gasteiger charge is -2.28. The van der Waals surface area contributed by atoms with E-state index in [9.17, 15) is 4.79 Å². The molecule has 0 heterocycles. The molecule has 1 aromatic carbocycles. The Labute approximate surface area is 115 Å². The minimum Gasteiger partial charge on any atom is -0.352 e. The first-order valence-corrected chi connectivity index (χ1v) is 7.18. The smallest absolute Gasteiger partial charge is 0.251 e. The molecule has 1 aliphatic rings. The number of benzene rings is 1. The van der Waals surface area contributed by atoms with Gasteiger partial charge in [-0.1, -0.05) is 30.0 Å². The van der Waals surface area contributed by atoms with Crippen molar-refractivity contribution in [1.29, 1.82) is 0 Å². The number of aryl methyl sites for hydroxylation is 2. The average molecular weight is 260 g/mol. The van der Waals surface area contributed by atoms with Gasteiger partial charge in [0.25, 0.3) is 5.91 Å². The minimum absolute atomic E-state index is 0.0181. The third kappa shape index (κ3) is 3.80. The van der Waals surface area contributed by atoms with E-state index in [1.807, 2.05) is 26.0 Å². The Morgan fingerprint density at radius 3 is 2.47 bits per heavy atom. The molecule has 0 bridgehead atoms. The SMILES string of the molecule is Cc1cc(C)cc(C(=O)NCC2CCCCC2N)c1. The largest absolute Gasteiger partial charge is 0.352 e. The number of hydrogen-bond donors (Lipinski definition) is 2. The molecule has 1 amide bonds. The summed E-state index contributed by atoms with van der Waals surface area (Å²) in [5.41, 5.74) is 9.10. The Morgan fingerprint density at radius 2 is 1.84 bits per heavy atom. The number of nitrogens with one attached hydrogen (secondary N) is 1. The van der Waals surface area contributed by atoms with Crippen molar-refractivity contribution >= 4 is 5.91 Å². The highest BCUT2D eigenvalue weighted by Gasteiger charge is 2.22. The van der Waals surface area contributed by atoms with E-state index in [0.29, 0.717) is 12.5 Å². The molecule has 1 aliphatic carbocycles. The van der Waals surface area contributed by atoms with Gasteiger partial charge in [0.05, 0.1) is 0 Å². The van der Waals surface area contributed by atoms with Crippen LogP contribution >= 0.6 is 0 Å². The molecular formula is C16H24N2O. The van der Waals surface area contributed by atoms with Gasteiger partial charge in [0.15, 0.2) is 0 Å². The Morgan fingerprint density at radius 1 is 1.21 bits per heavy atom. The quantitative estimate of drug-likeness (QED) is 0.877. The second-order valence-electron chi connectivity index (χ2n) is 5.79. The molecule has 0 saturated heterocycles. The third-order valence-corrected chi connectivity index (χ3v) is 3.98. The zero-order valence-corrected chi connectivity index (χ0v) is 11.9. The maximum absolute atomic E-state index is 12.1. The van der Waals surface area contributed by atoms with Gasteiger partial charge in [-0.25, -0.2) is 0 Å². The van der Waals surface area contributed by atoms with E-state index < -0.39 is 0 Å². The molecule has 1 fully saturated rings. The van der Waals surface area contributed by atoms with Crippen LogP contribution in [0.15, 0.2) is 18.2 Å². The van der Waals surface area contributed by atoms with Gasteiger partial charge in [0, 0.05) is 18.2 Å².